The van der Waals surface area contributed by atoms with Crippen molar-refractivity contribution < 1.29 is 4.18 Å². The van der Waals surface area contributed by atoms with Crippen LogP contribution in [-0.4, -0.2) is 11.9 Å². The minimum atomic E-state index is -0.220. The molecule has 0 amide bonds. The molecule has 0 N–H and O–H groups in total. The quantitative estimate of drug-likeness (QED) is 0.595. The zero-order chi connectivity index (χ0) is 9.40. The number of hydrogen-bond acceptors (Lipinski definition) is 2. The minimum absolute atomic E-state index is 0.220. The Kier molecular flexibility index (Phi) is 8.50. The molecule has 1 unspecified atom stereocenters. The molecule has 0 saturated heterocycles. The van der Waals surface area contributed by atoms with Gasteiger partial charge < -0.3 is 4.18 Å². The van der Waals surface area contributed by atoms with Crippen LogP contribution in [0.5, 0.6) is 0 Å². The van der Waals surface area contributed by atoms with Gasteiger partial charge in [-0.1, -0.05) is 26.2 Å². The van der Waals surface area contributed by atoms with Crippen molar-refractivity contribution in [3.8, 4) is 0 Å². The van der Waals surface area contributed by atoms with Crippen molar-refractivity contribution in [2.45, 2.75) is 52.6 Å². The number of unbranched alkanes of at least 4 members (excludes halogenated alkanes) is 3. The van der Waals surface area contributed by atoms with Crippen molar-refractivity contribution in [1.82, 2.24) is 0 Å². The van der Waals surface area contributed by atoms with Crippen molar-refractivity contribution in [2.75, 3.05) is 5.75 Å². The van der Waals surface area contributed by atoms with Gasteiger partial charge in [-0.05, 0) is 31.5 Å². The van der Waals surface area contributed by atoms with Crippen LogP contribution in [0.4, 0.5) is 0 Å². The molecule has 0 heterocycles. The van der Waals surface area contributed by atoms with Gasteiger partial charge in [0.2, 0.25) is 0 Å². The molecule has 0 aliphatic rings. The molecule has 0 aromatic rings. The minimum Gasteiger partial charge on any atom is -0.310 e. The van der Waals surface area contributed by atoms with Crippen LogP contribution in [0.3, 0.4) is 0 Å². The summed E-state index contributed by atoms with van der Waals surface area (Å²) in [5.41, 5.74) is 0. The van der Waals surface area contributed by atoms with Gasteiger partial charge in [-0.2, -0.15) is 0 Å². The van der Waals surface area contributed by atoms with Crippen LogP contribution in [0.25, 0.3) is 0 Å². The second kappa shape index (κ2) is 8.14. The Morgan fingerprint density at radius 3 is 2.42 bits per heavy atom. The number of rotatable bonds is 7. The zero-order valence-electron chi connectivity index (χ0n) is 8.34. The van der Waals surface area contributed by atoms with Crippen molar-refractivity contribution in [3.63, 3.8) is 0 Å². The first kappa shape index (κ1) is 12.5. The lowest BCUT2D eigenvalue weighted by Crippen LogP contribution is -2.07. The zero-order valence-corrected chi connectivity index (χ0v) is 9.97. The van der Waals surface area contributed by atoms with E-state index >= 15 is 0 Å². The molecule has 74 valence electrons. The van der Waals surface area contributed by atoms with Crippen LogP contribution in [0.15, 0.2) is 0 Å². The second-order valence-electron chi connectivity index (χ2n) is 3.21. The topological polar surface area (TPSA) is 9.23 Å². The summed E-state index contributed by atoms with van der Waals surface area (Å²) in [5.74, 6) is 1.06. The van der Waals surface area contributed by atoms with Gasteiger partial charge in [0.25, 0.3) is 0 Å². The lowest BCUT2D eigenvalue weighted by molar-refractivity contribution is 0.285. The summed E-state index contributed by atoms with van der Waals surface area (Å²) in [5, 5.41) is 0. The van der Waals surface area contributed by atoms with Crippen molar-refractivity contribution in [2.24, 2.45) is 0 Å². The first-order chi connectivity index (χ1) is 5.66. The molecule has 0 spiro atoms. The SMILES string of the molecule is CCCCCCS(=S)OC(C)C. The van der Waals surface area contributed by atoms with Gasteiger partial charge in [0.15, 0.2) is 0 Å². The lowest BCUT2D eigenvalue weighted by atomic mass is 10.2. The van der Waals surface area contributed by atoms with Crippen LogP contribution in [0.1, 0.15) is 46.5 Å². The fourth-order valence-electron chi connectivity index (χ4n) is 0.909. The monoisotopic (exact) mass is 208 g/mol. The molecule has 0 aliphatic heterocycles. The van der Waals surface area contributed by atoms with Gasteiger partial charge in [0.1, 0.15) is 0 Å². The maximum atomic E-state index is 5.47. The van der Waals surface area contributed by atoms with E-state index in [0.717, 1.165) is 5.75 Å². The van der Waals surface area contributed by atoms with Crippen LogP contribution >= 0.6 is 0 Å². The Bertz CT molecular complexity index is 124. The summed E-state index contributed by atoms with van der Waals surface area (Å²) < 4.78 is 5.47. The lowest BCUT2D eigenvalue weighted by Gasteiger charge is -2.08. The van der Waals surface area contributed by atoms with E-state index in [4.69, 9.17) is 15.4 Å². The second-order valence-corrected chi connectivity index (χ2v) is 5.54. The maximum Gasteiger partial charge on any atom is 0.0669 e. The molecular formula is C9H20OS2. The third-order valence-corrected chi connectivity index (χ3v) is 3.42. The van der Waals surface area contributed by atoms with Crippen molar-refractivity contribution >= 4 is 20.9 Å². The highest BCUT2D eigenvalue weighted by Gasteiger charge is 1.98. The van der Waals surface area contributed by atoms with Crippen LogP contribution < -0.4 is 0 Å². The molecule has 0 aromatic carbocycles. The van der Waals surface area contributed by atoms with E-state index < -0.39 is 0 Å². The molecular weight excluding hydrogens is 188 g/mol. The van der Waals surface area contributed by atoms with Crippen LogP contribution in [-0.2, 0) is 25.1 Å². The van der Waals surface area contributed by atoms with Crippen LogP contribution in [0, 0.1) is 0 Å². The summed E-state index contributed by atoms with van der Waals surface area (Å²) in [7, 11) is -0.220. The summed E-state index contributed by atoms with van der Waals surface area (Å²) in [6.07, 6.45) is 5.44. The highest BCUT2D eigenvalue weighted by molar-refractivity contribution is 8.26. The van der Waals surface area contributed by atoms with E-state index in [9.17, 15) is 0 Å². The van der Waals surface area contributed by atoms with E-state index in [-0.39, 0.29) is 15.8 Å². The van der Waals surface area contributed by atoms with Gasteiger partial charge in [-0.25, -0.2) is 0 Å². The van der Waals surface area contributed by atoms with E-state index in [1.54, 1.807) is 0 Å². The Labute approximate surface area is 83.7 Å². The molecule has 0 rings (SSSR count). The third kappa shape index (κ3) is 8.62. The largest absolute Gasteiger partial charge is 0.310 e. The van der Waals surface area contributed by atoms with Crippen LogP contribution in [0.2, 0.25) is 0 Å². The Morgan fingerprint density at radius 2 is 1.92 bits per heavy atom. The summed E-state index contributed by atoms with van der Waals surface area (Å²) in [4.78, 5) is 0. The average molecular weight is 208 g/mol. The predicted octanol–water partition coefficient (Wildman–Crippen LogP) is 2.99. The van der Waals surface area contributed by atoms with Crippen molar-refractivity contribution in [3.05, 3.63) is 0 Å². The fourth-order valence-corrected chi connectivity index (χ4v) is 2.70. The third-order valence-electron chi connectivity index (χ3n) is 1.46. The molecule has 12 heavy (non-hydrogen) atoms. The summed E-state index contributed by atoms with van der Waals surface area (Å²) in [6.45, 7) is 6.30. The smallest absolute Gasteiger partial charge is 0.0669 e. The van der Waals surface area contributed by atoms with Crippen molar-refractivity contribution in [1.29, 1.82) is 0 Å². The standard InChI is InChI=1S/C9H20OS2/c1-4-5-6-7-8-12(11)10-9(2)3/h9H,4-8H2,1-3H3. The highest BCUT2D eigenvalue weighted by Crippen LogP contribution is 2.02. The highest BCUT2D eigenvalue weighted by atomic mass is 32.8. The summed E-state index contributed by atoms with van der Waals surface area (Å²) in [6, 6.07) is 0. The fraction of sp³-hybridized carbons (Fsp3) is 1.00. The molecule has 0 aliphatic carbocycles. The first-order valence-electron chi connectivity index (χ1n) is 4.72. The normalized spacial score (nSPS) is 13.7. The van der Waals surface area contributed by atoms with E-state index in [0.29, 0.717) is 0 Å². The molecule has 0 bridgehead atoms. The molecule has 0 radical (unpaired) electrons. The van der Waals surface area contributed by atoms with E-state index in [1.165, 1.54) is 25.7 Å². The maximum absolute atomic E-state index is 5.47. The van der Waals surface area contributed by atoms with Gasteiger partial charge in [-0.15, -0.1) is 0 Å². The average Bonchev–Trinajstić information content (AvgIpc) is 1.97. The molecule has 0 fully saturated rings. The van der Waals surface area contributed by atoms with Gasteiger partial charge in [0, 0.05) is 15.5 Å². The summed E-state index contributed by atoms with van der Waals surface area (Å²) >= 11 is 5.17. The van der Waals surface area contributed by atoms with Gasteiger partial charge >= 0.3 is 0 Å². The van der Waals surface area contributed by atoms with E-state index in [2.05, 4.69) is 6.92 Å². The molecule has 3 heteroatoms. The Balaban J connectivity index is 3.20. The Hall–Kier alpha value is 0.530. The molecule has 1 atom stereocenters. The molecule has 0 aromatic heterocycles. The molecule has 0 saturated carbocycles. The van der Waals surface area contributed by atoms with Gasteiger partial charge in [0.05, 0.1) is 6.10 Å². The first-order valence-corrected chi connectivity index (χ1v) is 6.96. The van der Waals surface area contributed by atoms with E-state index in [1.807, 2.05) is 13.8 Å². The predicted molar refractivity (Wildman–Crippen MR) is 60.0 cm³/mol. The Morgan fingerprint density at radius 1 is 1.25 bits per heavy atom. The number of hydrogen-bond donors (Lipinski definition) is 0. The van der Waals surface area contributed by atoms with Gasteiger partial charge in [-0.3, -0.25) is 0 Å². The molecule has 1 nitrogen and oxygen atoms in total.